The van der Waals surface area contributed by atoms with Gasteiger partial charge in [-0.2, -0.15) is 0 Å². The number of rotatable bonds is 7. The fourth-order valence-electron chi connectivity index (χ4n) is 1.80. The third kappa shape index (κ3) is 4.80. The molecule has 0 fully saturated rings. The molecule has 8 heteroatoms. The number of methoxy groups -OCH3 is 2. The molecule has 0 radical (unpaired) electrons. The Labute approximate surface area is 139 Å². The van der Waals surface area contributed by atoms with Gasteiger partial charge in [-0.3, -0.25) is 4.79 Å². The van der Waals surface area contributed by atoms with E-state index in [1.54, 1.807) is 38.5 Å². The van der Waals surface area contributed by atoms with Crippen molar-refractivity contribution in [3.63, 3.8) is 0 Å². The number of amides is 1. The molecule has 0 atom stereocenters. The van der Waals surface area contributed by atoms with Crippen molar-refractivity contribution in [3.8, 4) is 5.75 Å². The normalized spacial score (nSPS) is 10.2. The van der Waals surface area contributed by atoms with Crippen molar-refractivity contribution in [2.24, 2.45) is 0 Å². The highest BCUT2D eigenvalue weighted by Gasteiger charge is 2.09. The average Bonchev–Trinajstić information content (AvgIpc) is 2.55. The minimum Gasteiger partial charge on any atom is -0.495 e. The van der Waals surface area contributed by atoms with Gasteiger partial charge < -0.3 is 20.1 Å². The fourth-order valence-corrected chi connectivity index (χ4v) is 2.06. The largest absolute Gasteiger partial charge is 0.495 e. The van der Waals surface area contributed by atoms with Gasteiger partial charge in [0.2, 0.25) is 0 Å². The van der Waals surface area contributed by atoms with Gasteiger partial charge in [0, 0.05) is 25.4 Å². The quantitative estimate of drug-likeness (QED) is 0.754. The van der Waals surface area contributed by atoms with Crippen LogP contribution in [0.4, 0.5) is 11.5 Å². The third-order valence-corrected chi connectivity index (χ3v) is 3.21. The number of ether oxygens (including phenoxy) is 2. The first-order chi connectivity index (χ1) is 11.1. The van der Waals surface area contributed by atoms with Crippen LogP contribution in [0, 0.1) is 0 Å². The van der Waals surface area contributed by atoms with E-state index in [0.29, 0.717) is 29.7 Å². The smallest absolute Gasteiger partial charge is 0.270 e. The summed E-state index contributed by atoms with van der Waals surface area (Å²) in [5.74, 6) is 0.775. The van der Waals surface area contributed by atoms with Crippen LogP contribution in [0.3, 0.4) is 0 Å². The van der Waals surface area contributed by atoms with Crippen LogP contribution >= 0.6 is 11.6 Å². The van der Waals surface area contributed by atoms with Gasteiger partial charge in [0.15, 0.2) is 0 Å². The van der Waals surface area contributed by atoms with Crippen LogP contribution in [-0.2, 0) is 4.74 Å². The predicted molar refractivity (Wildman–Crippen MR) is 87.5 cm³/mol. The van der Waals surface area contributed by atoms with Gasteiger partial charge in [-0.05, 0) is 18.2 Å². The molecule has 1 amide bonds. The minimum absolute atomic E-state index is 0.262. The zero-order valence-corrected chi connectivity index (χ0v) is 13.6. The van der Waals surface area contributed by atoms with E-state index in [-0.39, 0.29) is 11.6 Å². The molecule has 1 heterocycles. The number of nitrogens with one attached hydrogen (secondary N) is 2. The van der Waals surface area contributed by atoms with Gasteiger partial charge in [-0.1, -0.05) is 11.6 Å². The van der Waals surface area contributed by atoms with Gasteiger partial charge in [0.05, 0.1) is 18.7 Å². The van der Waals surface area contributed by atoms with E-state index < -0.39 is 0 Å². The monoisotopic (exact) mass is 336 g/mol. The number of nitrogens with zero attached hydrogens (tertiary/aromatic N) is 2. The van der Waals surface area contributed by atoms with E-state index in [1.807, 2.05) is 0 Å². The van der Waals surface area contributed by atoms with Gasteiger partial charge >= 0.3 is 0 Å². The Morgan fingerprint density at radius 2 is 2.09 bits per heavy atom. The molecule has 0 bridgehead atoms. The highest BCUT2D eigenvalue weighted by Crippen LogP contribution is 2.28. The number of hydrogen-bond acceptors (Lipinski definition) is 6. The Bertz CT molecular complexity index is 682. The summed E-state index contributed by atoms with van der Waals surface area (Å²) in [7, 11) is 3.12. The summed E-state index contributed by atoms with van der Waals surface area (Å²) in [6, 6.07) is 6.80. The zero-order valence-electron chi connectivity index (χ0n) is 12.8. The maximum absolute atomic E-state index is 11.9. The summed E-state index contributed by atoms with van der Waals surface area (Å²) in [6.07, 6.45) is 1.32. The molecule has 2 aromatic rings. The molecule has 0 saturated carbocycles. The van der Waals surface area contributed by atoms with Crippen LogP contribution in [0.5, 0.6) is 5.75 Å². The van der Waals surface area contributed by atoms with E-state index in [1.165, 1.54) is 6.33 Å². The molecular formula is C15H17ClN4O3. The van der Waals surface area contributed by atoms with Crippen LogP contribution in [0.25, 0.3) is 0 Å². The Balaban J connectivity index is 2.07. The molecule has 0 aliphatic heterocycles. The first kappa shape index (κ1) is 17.0. The van der Waals surface area contributed by atoms with Gasteiger partial charge in [0.25, 0.3) is 5.91 Å². The second kappa shape index (κ2) is 8.30. The predicted octanol–water partition coefficient (Wildman–Crippen LogP) is 2.26. The molecule has 0 unspecified atom stereocenters. The fraction of sp³-hybridized carbons (Fsp3) is 0.267. The molecule has 1 aromatic heterocycles. The van der Waals surface area contributed by atoms with Crippen molar-refractivity contribution in [3.05, 3.63) is 41.3 Å². The number of anilines is 2. The number of benzene rings is 1. The number of hydrogen-bond donors (Lipinski definition) is 2. The first-order valence-corrected chi connectivity index (χ1v) is 7.21. The van der Waals surface area contributed by atoms with Crippen molar-refractivity contribution >= 4 is 29.0 Å². The summed E-state index contributed by atoms with van der Waals surface area (Å²) >= 11 is 6.07. The lowest BCUT2D eigenvalue weighted by atomic mass is 10.3. The lowest BCUT2D eigenvalue weighted by molar-refractivity contribution is 0.0932. The topological polar surface area (TPSA) is 85.4 Å². The molecular weight excluding hydrogens is 320 g/mol. The highest BCUT2D eigenvalue weighted by atomic mass is 35.5. The van der Waals surface area contributed by atoms with Crippen LogP contribution in [-0.4, -0.2) is 43.2 Å². The van der Waals surface area contributed by atoms with Crippen molar-refractivity contribution in [2.75, 3.05) is 32.7 Å². The van der Waals surface area contributed by atoms with Gasteiger partial charge in [-0.15, -0.1) is 0 Å². The SMILES string of the molecule is COCCNC(=O)c1cc(Nc2ccc(OC)c(Cl)c2)ncn1. The van der Waals surface area contributed by atoms with Crippen LogP contribution in [0.2, 0.25) is 5.02 Å². The van der Waals surface area contributed by atoms with Crippen molar-refractivity contribution < 1.29 is 14.3 Å². The summed E-state index contributed by atoms with van der Waals surface area (Å²) in [4.78, 5) is 20.0. The van der Waals surface area contributed by atoms with E-state index >= 15 is 0 Å². The summed E-state index contributed by atoms with van der Waals surface area (Å²) < 4.78 is 9.98. The molecule has 0 spiro atoms. The maximum Gasteiger partial charge on any atom is 0.270 e. The third-order valence-electron chi connectivity index (χ3n) is 2.92. The zero-order chi connectivity index (χ0) is 16.7. The molecule has 23 heavy (non-hydrogen) atoms. The van der Waals surface area contributed by atoms with E-state index in [0.717, 1.165) is 5.69 Å². The molecule has 0 aliphatic carbocycles. The summed E-state index contributed by atoms with van der Waals surface area (Å²) in [6.45, 7) is 0.850. The molecule has 1 aromatic carbocycles. The number of aromatic nitrogens is 2. The highest BCUT2D eigenvalue weighted by molar-refractivity contribution is 6.32. The summed E-state index contributed by atoms with van der Waals surface area (Å²) in [5.41, 5.74) is 0.985. The maximum atomic E-state index is 11.9. The molecule has 2 rings (SSSR count). The van der Waals surface area contributed by atoms with Crippen LogP contribution in [0.15, 0.2) is 30.6 Å². The molecule has 2 N–H and O–H groups in total. The van der Waals surface area contributed by atoms with E-state index in [4.69, 9.17) is 21.1 Å². The lowest BCUT2D eigenvalue weighted by Crippen LogP contribution is -2.27. The Morgan fingerprint density at radius 3 is 2.78 bits per heavy atom. The standard InChI is InChI=1S/C15H17ClN4O3/c1-22-6-5-17-15(21)12-8-14(19-9-18-12)20-10-3-4-13(23-2)11(16)7-10/h3-4,7-9H,5-6H2,1-2H3,(H,17,21)(H,18,19,20). The molecule has 0 saturated heterocycles. The van der Waals surface area contributed by atoms with Gasteiger partial charge in [0.1, 0.15) is 23.6 Å². The van der Waals surface area contributed by atoms with E-state index in [2.05, 4.69) is 20.6 Å². The van der Waals surface area contributed by atoms with Crippen LogP contribution < -0.4 is 15.4 Å². The Hall–Kier alpha value is -2.38. The van der Waals surface area contributed by atoms with E-state index in [9.17, 15) is 4.79 Å². The number of halogens is 1. The minimum atomic E-state index is -0.291. The molecule has 122 valence electrons. The Kier molecular flexibility index (Phi) is 6.13. The lowest BCUT2D eigenvalue weighted by Gasteiger charge is -2.09. The Morgan fingerprint density at radius 1 is 1.26 bits per heavy atom. The first-order valence-electron chi connectivity index (χ1n) is 6.83. The summed E-state index contributed by atoms with van der Waals surface area (Å²) in [5, 5.41) is 6.23. The second-order valence-electron chi connectivity index (χ2n) is 4.51. The second-order valence-corrected chi connectivity index (χ2v) is 4.92. The molecule has 7 nitrogen and oxygen atoms in total. The van der Waals surface area contributed by atoms with Gasteiger partial charge in [-0.25, -0.2) is 9.97 Å². The van der Waals surface area contributed by atoms with Crippen molar-refractivity contribution in [2.45, 2.75) is 0 Å². The molecule has 0 aliphatic rings. The average molecular weight is 337 g/mol. The number of carbonyl (C=O) groups excluding carboxylic acids is 1. The van der Waals surface area contributed by atoms with Crippen molar-refractivity contribution in [1.29, 1.82) is 0 Å². The van der Waals surface area contributed by atoms with Crippen LogP contribution in [0.1, 0.15) is 10.5 Å². The van der Waals surface area contributed by atoms with Crippen molar-refractivity contribution in [1.82, 2.24) is 15.3 Å². The number of carbonyl (C=O) groups is 1.